The molecule has 0 saturated heterocycles. The van der Waals surface area contributed by atoms with E-state index in [0.29, 0.717) is 34.5 Å². The number of carboxylic acid groups (broad SMARTS) is 1. The molecule has 194 valence electrons. The molecule has 4 aromatic carbocycles. The Balaban J connectivity index is 1.31. The summed E-state index contributed by atoms with van der Waals surface area (Å²) in [6.45, 7) is 0.504. The highest BCUT2D eigenvalue weighted by molar-refractivity contribution is 5.79. The minimum atomic E-state index is -0.874. The Bertz CT molecular complexity index is 1660. The third-order valence-corrected chi connectivity index (χ3v) is 7.98. The van der Waals surface area contributed by atoms with E-state index in [1.807, 2.05) is 66.7 Å². The molecule has 0 saturated carbocycles. The quantitative estimate of drug-likeness (QED) is 0.375. The number of fused-ring (bicyclic) bond motifs is 4. The van der Waals surface area contributed by atoms with Crippen molar-refractivity contribution in [2.45, 2.75) is 11.8 Å². The molecule has 1 aliphatic carbocycles. The predicted molar refractivity (Wildman–Crippen MR) is 138 cm³/mol. The molecule has 39 heavy (non-hydrogen) atoms. The van der Waals surface area contributed by atoms with Crippen LogP contribution in [0.4, 0.5) is 0 Å². The number of benzene rings is 4. The zero-order valence-corrected chi connectivity index (χ0v) is 20.6. The topological polar surface area (TPSA) is 92.7 Å². The zero-order chi connectivity index (χ0) is 26.1. The van der Waals surface area contributed by atoms with Gasteiger partial charge in [0.25, 0.3) is 0 Å². The largest absolute Gasteiger partial charge is 0.481 e. The fourth-order valence-corrected chi connectivity index (χ4v) is 6.23. The second kappa shape index (κ2) is 8.33. The molecular weight excluding hydrogens is 500 g/mol. The average Bonchev–Trinajstić information content (AvgIpc) is 3.75. The van der Waals surface area contributed by atoms with Gasteiger partial charge in [0.05, 0.1) is 5.92 Å². The highest BCUT2D eigenvalue weighted by Crippen LogP contribution is 2.55. The van der Waals surface area contributed by atoms with E-state index in [0.717, 1.165) is 33.4 Å². The van der Waals surface area contributed by atoms with Crippen molar-refractivity contribution in [3.63, 3.8) is 0 Å². The van der Waals surface area contributed by atoms with Gasteiger partial charge in [0.2, 0.25) is 20.4 Å². The number of rotatable bonds is 4. The molecule has 1 N–H and O–H groups in total. The van der Waals surface area contributed by atoms with Crippen molar-refractivity contribution in [3.8, 4) is 45.6 Å². The van der Waals surface area contributed by atoms with Crippen molar-refractivity contribution in [2.24, 2.45) is 5.92 Å². The molecule has 0 fully saturated rings. The molecule has 0 unspecified atom stereocenters. The van der Waals surface area contributed by atoms with Crippen LogP contribution in [0.2, 0.25) is 0 Å². The fourth-order valence-electron chi connectivity index (χ4n) is 6.23. The molecule has 4 aromatic rings. The van der Waals surface area contributed by atoms with Crippen molar-refractivity contribution in [1.29, 1.82) is 0 Å². The molecule has 0 aromatic heterocycles. The third kappa shape index (κ3) is 3.41. The van der Waals surface area contributed by atoms with Crippen molar-refractivity contribution in [1.82, 2.24) is 0 Å². The van der Waals surface area contributed by atoms with E-state index in [1.165, 1.54) is 0 Å². The van der Waals surface area contributed by atoms with Gasteiger partial charge < -0.3 is 33.5 Å². The molecule has 3 atom stereocenters. The van der Waals surface area contributed by atoms with E-state index < -0.39 is 23.7 Å². The van der Waals surface area contributed by atoms with Crippen LogP contribution >= 0.6 is 0 Å². The maximum atomic E-state index is 13.0. The second-order valence-corrected chi connectivity index (χ2v) is 9.96. The van der Waals surface area contributed by atoms with Crippen molar-refractivity contribution >= 4 is 5.97 Å². The molecule has 8 rings (SSSR count). The highest BCUT2D eigenvalue weighted by Gasteiger charge is 2.47. The van der Waals surface area contributed by atoms with Crippen LogP contribution in [-0.4, -0.2) is 31.5 Å². The minimum absolute atomic E-state index is 0.149. The summed E-state index contributed by atoms with van der Waals surface area (Å²) in [7, 11) is 0. The Hall–Kier alpha value is -4.85. The summed E-state index contributed by atoms with van der Waals surface area (Å²) in [5, 5.41) is 10.7. The molecule has 0 spiro atoms. The first-order valence-corrected chi connectivity index (χ1v) is 12.7. The van der Waals surface area contributed by atoms with Gasteiger partial charge in [-0.15, -0.1) is 0 Å². The van der Waals surface area contributed by atoms with Crippen LogP contribution in [0.15, 0.2) is 72.8 Å². The Morgan fingerprint density at radius 1 is 0.538 bits per heavy atom. The maximum Gasteiger partial charge on any atom is 0.308 e. The predicted octanol–water partition coefficient (Wildman–Crippen LogP) is 5.52. The summed E-state index contributed by atoms with van der Waals surface area (Å²) in [6, 6.07) is 23.4. The first-order valence-electron chi connectivity index (χ1n) is 12.7. The van der Waals surface area contributed by atoms with Gasteiger partial charge >= 0.3 is 5.97 Å². The van der Waals surface area contributed by atoms with Crippen molar-refractivity contribution in [2.75, 3.05) is 20.4 Å². The summed E-state index contributed by atoms with van der Waals surface area (Å²) in [5.41, 5.74) is 5.58. The van der Waals surface area contributed by atoms with E-state index in [9.17, 15) is 9.90 Å². The third-order valence-electron chi connectivity index (χ3n) is 7.98. The van der Waals surface area contributed by atoms with Gasteiger partial charge in [-0.1, -0.05) is 36.4 Å². The smallest absolute Gasteiger partial charge is 0.308 e. The average molecular weight is 523 g/mol. The van der Waals surface area contributed by atoms with Gasteiger partial charge in [0.15, 0.2) is 34.5 Å². The Morgan fingerprint density at radius 3 is 1.59 bits per heavy atom. The number of ether oxygens (including phenoxy) is 6. The number of hydrogen-bond donors (Lipinski definition) is 1. The Morgan fingerprint density at radius 2 is 1.00 bits per heavy atom. The first-order chi connectivity index (χ1) is 19.1. The monoisotopic (exact) mass is 522 g/mol. The molecule has 0 bridgehead atoms. The van der Waals surface area contributed by atoms with Crippen molar-refractivity contribution < 1.29 is 38.3 Å². The zero-order valence-electron chi connectivity index (χ0n) is 20.6. The first kappa shape index (κ1) is 22.2. The molecule has 0 radical (unpaired) electrons. The molecule has 8 heteroatoms. The van der Waals surface area contributed by atoms with Crippen LogP contribution in [0.25, 0.3) is 11.1 Å². The van der Waals surface area contributed by atoms with Crippen LogP contribution in [-0.2, 0) is 4.79 Å². The summed E-state index contributed by atoms with van der Waals surface area (Å²) < 4.78 is 33.4. The Labute approximate surface area is 223 Å². The van der Waals surface area contributed by atoms with Gasteiger partial charge in [-0.2, -0.15) is 0 Å². The number of hydrogen-bond acceptors (Lipinski definition) is 7. The van der Waals surface area contributed by atoms with E-state index in [2.05, 4.69) is 6.07 Å². The lowest BCUT2D eigenvalue weighted by Gasteiger charge is -2.23. The lowest BCUT2D eigenvalue weighted by atomic mass is 9.79. The van der Waals surface area contributed by atoms with E-state index in [1.54, 1.807) is 0 Å². The molecular formula is C31H22O8. The lowest BCUT2D eigenvalue weighted by molar-refractivity contribution is -0.142. The number of aliphatic carboxylic acids is 1. The summed E-state index contributed by atoms with van der Waals surface area (Å²) in [6.07, 6.45) is 0. The van der Waals surface area contributed by atoms with Gasteiger partial charge in [0.1, 0.15) is 0 Å². The molecule has 3 aliphatic heterocycles. The highest BCUT2D eigenvalue weighted by atomic mass is 16.7. The van der Waals surface area contributed by atoms with Gasteiger partial charge in [-0.3, -0.25) is 4.79 Å². The van der Waals surface area contributed by atoms with E-state index in [4.69, 9.17) is 28.4 Å². The number of carbonyl (C=O) groups is 1. The van der Waals surface area contributed by atoms with Crippen LogP contribution in [0.1, 0.15) is 34.1 Å². The SMILES string of the molecule is O=C(O)[C@H]1[C@H](c2ccc3c(c2)OCO3)c2ccc(-c3ccc4c(c3)OCO4)cc2[C@H]1c1ccc2c(c1)OCO2. The Kier molecular flexibility index (Phi) is 4.73. The van der Waals surface area contributed by atoms with Crippen LogP contribution in [0.3, 0.4) is 0 Å². The van der Waals surface area contributed by atoms with Gasteiger partial charge in [-0.25, -0.2) is 0 Å². The van der Waals surface area contributed by atoms with Crippen LogP contribution < -0.4 is 28.4 Å². The fraction of sp³-hybridized carbons (Fsp3) is 0.194. The number of carboxylic acids is 1. The van der Waals surface area contributed by atoms with E-state index in [-0.39, 0.29) is 20.4 Å². The molecule has 0 amide bonds. The summed E-state index contributed by atoms with van der Waals surface area (Å²) in [4.78, 5) is 13.0. The van der Waals surface area contributed by atoms with Crippen LogP contribution in [0, 0.1) is 5.92 Å². The minimum Gasteiger partial charge on any atom is -0.481 e. The van der Waals surface area contributed by atoms with Crippen LogP contribution in [0.5, 0.6) is 34.5 Å². The molecule has 4 aliphatic rings. The lowest BCUT2D eigenvalue weighted by Crippen LogP contribution is -2.24. The second-order valence-electron chi connectivity index (χ2n) is 9.96. The van der Waals surface area contributed by atoms with E-state index >= 15 is 0 Å². The van der Waals surface area contributed by atoms with Gasteiger partial charge in [0, 0.05) is 11.8 Å². The maximum absolute atomic E-state index is 13.0. The van der Waals surface area contributed by atoms with Crippen molar-refractivity contribution in [3.05, 3.63) is 95.1 Å². The molecule has 3 heterocycles. The summed E-state index contributed by atoms with van der Waals surface area (Å²) in [5.74, 6) is 1.53. The normalized spacial score (nSPS) is 21.2. The molecule has 8 nitrogen and oxygen atoms in total. The van der Waals surface area contributed by atoms with Gasteiger partial charge in [-0.05, 0) is 69.8 Å². The summed E-state index contributed by atoms with van der Waals surface area (Å²) >= 11 is 0. The standard InChI is InChI=1S/C31H22O8/c32-31(33)30-28(18-3-7-23-26(11-18)38-14-35-23)20-5-1-16(17-2-6-22-25(10-17)37-13-34-22)9-21(20)29(30)19-4-8-24-27(12-19)39-15-36-24/h1-12,28-30H,13-15H2,(H,32,33)/t28-,29-,30+/m1/s1.